The molecule has 0 saturated carbocycles. The molecular weight excluding hydrogens is 475 g/mol. The Balaban J connectivity index is 1.61. The number of carbonyl (C=O) groups is 1. The maximum atomic E-state index is 13.4. The van der Waals surface area contributed by atoms with Crippen molar-refractivity contribution in [3.8, 4) is 0 Å². The molecule has 10 heteroatoms. The van der Waals surface area contributed by atoms with E-state index in [1.54, 1.807) is 54.7 Å². The summed E-state index contributed by atoms with van der Waals surface area (Å²) in [5.41, 5.74) is 1.49. The van der Waals surface area contributed by atoms with Gasteiger partial charge < -0.3 is 14.8 Å². The first kappa shape index (κ1) is 22.4. The van der Waals surface area contributed by atoms with Crippen LogP contribution in [0.1, 0.15) is 28.8 Å². The fourth-order valence-corrected chi connectivity index (χ4v) is 4.53. The highest BCUT2D eigenvalue weighted by Crippen LogP contribution is 2.26. The van der Waals surface area contributed by atoms with Crippen molar-refractivity contribution >= 4 is 51.4 Å². The Morgan fingerprint density at radius 1 is 1.06 bits per heavy atom. The Labute approximate surface area is 205 Å². The van der Waals surface area contributed by atoms with E-state index in [1.165, 1.54) is 4.57 Å². The van der Waals surface area contributed by atoms with Crippen LogP contribution in [-0.4, -0.2) is 38.3 Å². The molecular formula is C24H22Cl2N6O2. The van der Waals surface area contributed by atoms with Gasteiger partial charge in [-0.15, -0.1) is 0 Å². The first-order valence-corrected chi connectivity index (χ1v) is 11.7. The molecule has 1 fully saturated rings. The molecule has 1 amide bonds. The van der Waals surface area contributed by atoms with Crippen molar-refractivity contribution in [2.75, 3.05) is 23.3 Å². The van der Waals surface area contributed by atoms with Crippen molar-refractivity contribution in [2.24, 2.45) is 7.05 Å². The number of amides is 1. The molecule has 1 aromatic carbocycles. The van der Waals surface area contributed by atoms with Crippen molar-refractivity contribution < 1.29 is 4.79 Å². The number of anilines is 2. The molecule has 4 aromatic rings. The maximum absolute atomic E-state index is 13.4. The lowest BCUT2D eigenvalue weighted by atomic mass is 10.1. The van der Waals surface area contributed by atoms with Crippen LogP contribution in [0.4, 0.5) is 11.5 Å². The highest BCUT2D eigenvalue weighted by atomic mass is 35.5. The number of aryl methyl sites for hydroxylation is 1. The highest BCUT2D eigenvalue weighted by Gasteiger charge is 2.20. The number of nitrogens with one attached hydrogen (secondary N) is 1. The van der Waals surface area contributed by atoms with E-state index < -0.39 is 0 Å². The van der Waals surface area contributed by atoms with Gasteiger partial charge in [0.1, 0.15) is 5.82 Å². The molecule has 1 aliphatic rings. The zero-order chi connectivity index (χ0) is 23.8. The second-order valence-electron chi connectivity index (χ2n) is 8.36. The quantitative estimate of drug-likeness (QED) is 0.444. The van der Waals surface area contributed by atoms with Gasteiger partial charge in [-0.1, -0.05) is 29.3 Å². The minimum absolute atomic E-state index is 0.229. The molecule has 4 heterocycles. The number of benzene rings is 1. The minimum atomic E-state index is -0.334. The minimum Gasteiger partial charge on any atom is -0.357 e. The Kier molecular flexibility index (Phi) is 6.02. The first-order valence-electron chi connectivity index (χ1n) is 10.9. The van der Waals surface area contributed by atoms with Crippen LogP contribution in [0.3, 0.4) is 0 Å². The van der Waals surface area contributed by atoms with Crippen molar-refractivity contribution in [3.05, 3.63) is 80.6 Å². The highest BCUT2D eigenvalue weighted by molar-refractivity contribution is 6.42. The van der Waals surface area contributed by atoms with Gasteiger partial charge in [0.25, 0.3) is 11.5 Å². The lowest BCUT2D eigenvalue weighted by Crippen LogP contribution is -2.25. The number of hydrogen-bond donors (Lipinski definition) is 1. The van der Waals surface area contributed by atoms with Gasteiger partial charge >= 0.3 is 0 Å². The average Bonchev–Trinajstić information content (AvgIpc) is 3.50. The Hall–Kier alpha value is -3.36. The number of rotatable bonds is 5. The van der Waals surface area contributed by atoms with E-state index >= 15 is 0 Å². The normalized spacial score (nSPS) is 13.6. The smallest absolute Gasteiger partial charge is 0.260 e. The summed E-state index contributed by atoms with van der Waals surface area (Å²) in [6.07, 6.45) is 8.63. The number of carbonyl (C=O) groups excluding carboxylic acids is 1. The lowest BCUT2D eigenvalue weighted by Gasteiger charge is -2.18. The lowest BCUT2D eigenvalue weighted by molar-refractivity contribution is 0.102. The third-order valence-corrected chi connectivity index (χ3v) is 6.67. The molecule has 0 aliphatic carbocycles. The van der Waals surface area contributed by atoms with Crippen LogP contribution < -0.4 is 15.8 Å². The average molecular weight is 497 g/mol. The van der Waals surface area contributed by atoms with Crippen molar-refractivity contribution in [1.82, 2.24) is 19.3 Å². The third kappa shape index (κ3) is 4.38. The zero-order valence-corrected chi connectivity index (χ0v) is 20.0. The van der Waals surface area contributed by atoms with Gasteiger partial charge in [0.05, 0.1) is 39.4 Å². The molecule has 1 N–H and O–H groups in total. The van der Waals surface area contributed by atoms with Crippen LogP contribution in [0.15, 0.2) is 53.8 Å². The number of aromatic nitrogens is 4. The number of fused-ring (bicyclic) bond motifs is 1. The molecule has 0 spiro atoms. The van der Waals surface area contributed by atoms with Crippen LogP contribution in [0.2, 0.25) is 10.0 Å². The summed E-state index contributed by atoms with van der Waals surface area (Å²) in [7, 11) is 1.77. The van der Waals surface area contributed by atoms with Crippen LogP contribution in [0, 0.1) is 0 Å². The Morgan fingerprint density at radius 3 is 2.56 bits per heavy atom. The van der Waals surface area contributed by atoms with Crippen LogP contribution >= 0.6 is 23.2 Å². The molecule has 8 nitrogen and oxygen atoms in total. The largest absolute Gasteiger partial charge is 0.357 e. The van der Waals surface area contributed by atoms with Crippen molar-refractivity contribution in [3.63, 3.8) is 0 Å². The predicted octanol–water partition coefficient (Wildman–Crippen LogP) is 4.34. The number of pyridine rings is 2. The van der Waals surface area contributed by atoms with E-state index in [9.17, 15) is 9.59 Å². The SMILES string of the molecule is Cn1cc(NC(=O)c2cn(Cc3ccc(Cl)c(Cl)c3)c(=O)c3cnc(N4CCCC4)cc23)cn1. The number of hydrogen-bond acceptors (Lipinski definition) is 5. The molecule has 1 saturated heterocycles. The Bertz CT molecular complexity index is 1460. The molecule has 174 valence electrons. The summed E-state index contributed by atoms with van der Waals surface area (Å²) < 4.78 is 3.10. The van der Waals surface area contributed by atoms with Gasteiger partial charge in [0, 0.05) is 44.1 Å². The molecule has 0 atom stereocenters. The fraction of sp³-hybridized carbons (Fsp3) is 0.250. The summed E-state index contributed by atoms with van der Waals surface area (Å²) in [5.74, 6) is 0.432. The van der Waals surface area contributed by atoms with Gasteiger partial charge in [-0.25, -0.2) is 4.98 Å². The summed E-state index contributed by atoms with van der Waals surface area (Å²) in [4.78, 5) is 33.4. The van der Waals surface area contributed by atoms with E-state index in [-0.39, 0.29) is 18.0 Å². The first-order chi connectivity index (χ1) is 16.4. The van der Waals surface area contributed by atoms with E-state index in [1.807, 2.05) is 6.07 Å². The van der Waals surface area contributed by atoms with Crippen LogP contribution in [0.5, 0.6) is 0 Å². The molecule has 3 aromatic heterocycles. The van der Waals surface area contributed by atoms with Crippen LogP contribution in [-0.2, 0) is 13.6 Å². The number of halogens is 2. The summed E-state index contributed by atoms with van der Waals surface area (Å²) in [5, 5.41) is 8.76. The summed E-state index contributed by atoms with van der Waals surface area (Å²) >= 11 is 12.2. The van der Waals surface area contributed by atoms with Gasteiger partial charge in [0.2, 0.25) is 0 Å². The van der Waals surface area contributed by atoms with Crippen molar-refractivity contribution in [2.45, 2.75) is 19.4 Å². The Morgan fingerprint density at radius 2 is 1.85 bits per heavy atom. The van der Waals surface area contributed by atoms with Crippen LogP contribution in [0.25, 0.3) is 10.8 Å². The second-order valence-corrected chi connectivity index (χ2v) is 9.18. The molecule has 0 radical (unpaired) electrons. The molecule has 0 bridgehead atoms. The van der Waals surface area contributed by atoms with Gasteiger partial charge in [-0.3, -0.25) is 14.3 Å². The van der Waals surface area contributed by atoms with E-state index in [4.69, 9.17) is 23.2 Å². The summed E-state index contributed by atoms with van der Waals surface area (Å²) in [6, 6.07) is 7.04. The van der Waals surface area contributed by atoms with Gasteiger partial charge in [-0.05, 0) is 36.6 Å². The zero-order valence-electron chi connectivity index (χ0n) is 18.5. The second kappa shape index (κ2) is 9.12. The van der Waals surface area contributed by atoms with Gasteiger partial charge in [0.15, 0.2) is 0 Å². The monoisotopic (exact) mass is 496 g/mol. The van der Waals surface area contributed by atoms with E-state index in [2.05, 4.69) is 20.3 Å². The molecule has 34 heavy (non-hydrogen) atoms. The fourth-order valence-electron chi connectivity index (χ4n) is 4.21. The molecule has 5 rings (SSSR count). The van der Waals surface area contributed by atoms with Crippen molar-refractivity contribution in [1.29, 1.82) is 0 Å². The van der Waals surface area contributed by atoms with Gasteiger partial charge in [-0.2, -0.15) is 5.10 Å². The predicted molar refractivity (Wildman–Crippen MR) is 134 cm³/mol. The van der Waals surface area contributed by atoms with E-state index in [0.29, 0.717) is 32.1 Å². The molecule has 0 unspecified atom stereocenters. The topological polar surface area (TPSA) is 85.0 Å². The summed E-state index contributed by atoms with van der Waals surface area (Å²) in [6.45, 7) is 2.04. The van der Waals surface area contributed by atoms with E-state index in [0.717, 1.165) is 37.3 Å². The standard InChI is InChI=1S/C24H22Cl2N6O2/c1-30-13-16(10-28-30)29-23(33)19-14-32(12-15-4-5-20(25)21(26)8-15)24(34)18-11-27-22(9-17(18)19)31-6-2-3-7-31/h4-5,8-11,13-14H,2-3,6-7,12H2,1H3,(H,29,33). The number of nitrogens with zero attached hydrogens (tertiary/aromatic N) is 5. The third-order valence-electron chi connectivity index (χ3n) is 5.93. The molecule has 1 aliphatic heterocycles. The maximum Gasteiger partial charge on any atom is 0.260 e.